The highest BCUT2D eigenvalue weighted by atomic mass is 35.5. The van der Waals surface area contributed by atoms with Crippen LogP contribution in [0.1, 0.15) is 7.43 Å². The predicted octanol–water partition coefficient (Wildman–Crippen LogP) is 7.15. The Bertz CT molecular complexity index is 3130. The molecule has 67 heavy (non-hydrogen) atoms. The number of nitrogens with two attached hydrogens (primary N) is 2. The average molecular weight is 990 g/mol. The molecule has 0 spiro atoms. The maximum Gasteiger partial charge on any atom is 0.351 e. The van der Waals surface area contributed by atoms with Gasteiger partial charge in [-0.25, -0.2) is 30.0 Å². The van der Waals surface area contributed by atoms with Crippen molar-refractivity contribution in [3.8, 4) is 17.2 Å². The lowest BCUT2D eigenvalue weighted by atomic mass is 10.2. The third kappa shape index (κ3) is 11.1. The monoisotopic (exact) mass is 988 g/mol. The maximum absolute atomic E-state index is 12.7. The maximum atomic E-state index is 12.7. The molecule has 3 heterocycles. The van der Waals surface area contributed by atoms with Gasteiger partial charge in [0.25, 0.3) is 0 Å². The van der Waals surface area contributed by atoms with Crippen molar-refractivity contribution in [3.63, 3.8) is 0 Å². The van der Waals surface area contributed by atoms with E-state index in [1.807, 2.05) is 0 Å². The quantitative estimate of drug-likeness (QED) is 0.0649. The molecule has 0 radical (unpaired) electrons. The lowest BCUT2D eigenvalue weighted by Crippen LogP contribution is -2.38. The van der Waals surface area contributed by atoms with E-state index in [0.29, 0.717) is 40.9 Å². The molecule has 0 atom stereocenters. The Morgan fingerprint density at radius 3 is 1.34 bits per heavy atom. The van der Waals surface area contributed by atoms with Crippen molar-refractivity contribution in [2.75, 3.05) is 54.6 Å². The van der Waals surface area contributed by atoms with Gasteiger partial charge in [0.2, 0.25) is 29.5 Å². The number of nitrogens with zero attached hydrogens (tertiary/aromatic N) is 3. The average Bonchev–Trinajstić information content (AvgIpc) is 3.34. The number of sulfone groups is 3. The van der Waals surface area contributed by atoms with Gasteiger partial charge >= 0.3 is 11.4 Å². The van der Waals surface area contributed by atoms with E-state index in [2.05, 4.69) is 10.3 Å². The summed E-state index contributed by atoms with van der Waals surface area (Å²) in [5.41, 5.74) is 12.2. The van der Waals surface area contributed by atoms with Gasteiger partial charge in [0.1, 0.15) is 37.1 Å². The summed E-state index contributed by atoms with van der Waals surface area (Å²) >= 11 is 5.52. The highest BCUT2D eigenvalue weighted by molar-refractivity contribution is 7.92. The van der Waals surface area contributed by atoms with Gasteiger partial charge in [-0.05, 0) is 84.4 Å². The third-order valence-corrected chi connectivity index (χ3v) is 15.5. The first-order valence-electron chi connectivity index (χ1n) is 19.9. The molecule has 0 aromatic heterocycles. The second-order valence-electron chi connectivity index (χ2n) is 14.2. The Balaban J connectivity index is 0.000000166. The Labute approximate surface area is 393 Å². The first kappa shape index (κ1) is 49.3. The Morgan fingerprint density at radius 2 is 0.910 bits per heavy atom. The molecular formula is C46H45ClN6O11S3. The molecule has 0 saturated carbocycles. The molecule has 0 unspecified atom stereocenters. The van der Waals surface area contributed by atoms with Crippen molar-refractivity contribution in [3.05, 3.63) is 146 Å². The minimum absolute atomic E-state index is 0. The summed E-state index contributed by atoms with van der Waals surface area (Å²) in [4.78, 5) is 30.8. The van der Waals surface area contributed by atoms with E-state index in [1.165, 1.54) is 70.5 Å². The first-order valence-corrected chi connectivity index (χ1v) is 24.7. The first-order chi connectivity index (χ1) is 31.6. The molecule has 3 aliphatic rings. The molecule has 0 bridgehead atoms. The van der Waals surface area contributed by atoms with Gasteiger partial charge in [-0.1, -0.05) is 62.0 Å². The molecule has 21 heteroatoms. The minimum atomic E-state index is -3.68. The molecule has 17 nitrogen and oxygen atoms in total. The Hall–Kier alpha value is -7.13. The fourth-order valence-electron chi connectivity index (χ4n) is 6.78. The van der Waals surface area contributed by atoms with Crippen molar-refractivity contribution >= 4 is 75.5 Å². The summed E-state index contributed by atoms with van der Waals surface area (Å²) in [5, 5.41) is 2.54. The smallest absolute Gasteiger partial charge is 0.351 e. The summed E-state index contributed by atoms with van der Waals surface area (Å²) in [7, 11) is -10.8. The summed E-state index contributed by atoms with van der Waals surface area (Å²) in [6.07, 6.45) is 0. The van der Waals surface area contributed by atoms with Crippen LogP contribution in [0.5, 0.6) is 17.2 Å². The van der Waals surface area contributed by atoms with Crippen LogP contribution in [-0.4, -0.2) is 82.1 Å². The number of benzene rings is 6. The Kier molecular flexibility index (Phi) is 15.5. The number of nitrogens with one attached hydrogen (secondary N) is 1. The molecule has 0 aliphatic carbocycles. The standard InChI is InChI=1S/C16H16N4O4S.C15H12ClNO4S.C14H13NO3S.CH4/c17-15(18)19-16(21)20-8-9-24-14-10-12(6-7-13(14)20)25(22,23)11-4-2-1-3-5-11;16-15(18)17-8-9-21-14-10-12(6-7-13(14)17)22(19,20)11-4-2-1-3-5-11;16-19(17,11-4-2-1-3-5-11)12-6-7-13-14(10-12)18-9-8-15-13;/h1-7,10H,8-9H2,(H4,17,18,19,21);1-7,10H,8-9H2;1-7,10,15H,8-9H2;1H4. The lowest BCUT2D eigenvalue weighted by molar-refractivity contribution is 0.247. The largest absolute Gasteiger partial charge is 0.490 e. The van der Waals surface area contributed by atoms with Gasteiger partial charge in [-0.3, -0.25) is 14.6 Å². The highest BCUT2D eigenvalue weighted by Crippen LogP contribution is 2.38. The second kappa shape index (κ2) is 21.0. The normalized spacial score (nSPS) is 13.7. The number of fused-ring (bicyclic) bond motifs is 3. The van der Waals surface area contributed by atoms with Crippen LogP contribution in [0.2, 0.25) is 0 Å². The fourth-order valence-corrected chi connectivity index (χ4v) is 10.8. The van der Waals surface area contributed by atoms with Crippen LogP contribution in [0, 0.1) is 0 Å². The highest BCUT2D eigenvalue weighted by Gasteiger charge is 2.28. The van der Waals surface area contributed by atoms with E-state index in [4.69, 9.17) is 37.3 Å². The van der Waals surface area contributed by atoms with E-state index in [0.717, 1.165) is 12.2 Å². The van der Waals surface area contributed by atoms with Crippen LogP contribution >= 0.6 is 11.6 Å². The molecular weight excluding hydrogens is 944 g/mol. The van der Waals surface area contributed by atoms with Crippen molar-refractivity contribution in [2.24, 2.45) is 16.5 Å². The fraction of sp³-hybridized carbons (Fsp3) is 0.152. The Morgan fingerprint density at radius 1 is 0.522 bits per heavy atom. The number of hydrogen-bond donors (Lipinski definition) is 3. The van der Waals surface area contributed by atoms with Crippen LogP contribution in [0.25, 0.3) is 0 Å². The van der Waals surface area contributed by atoms with Crippen molar-refractivity contribution < 1.29 is 49.1 Å². The summed E-state index contributed by atoms with van der Waals surface area (Å²) in [5.74, 6) is 0.851. The summed E-state index contributed by atoms with van der Waals surface area (Å²) in [6.45, 7) is 2.33. The van der Waals surface area contributed by atoms with Crippen LogP contribution in [-0.2, 0) is 29.5 Å². The van der Waals surface area contributed by atoms with Crippen LogP contribution < -0.4 is 40.8 Å². The minimum Gasteiger partial charge on any atom is -0.490 e. The van der Waals surface area contributed by atoms with E-state index in [-0.39, 0.29) is 63.4 Å². The van der Waals surface area contributed by atoms with Gasteiger partial charge in [0, 0.05) is 24.7 Å². The number of aliphatic imine (C=N–C) groups is 1. The third-order valence-electron chi connectivity index (χ3n) is 9.98. The second-order valence-corrected chi connectivity index (χ2v) is 20.4. The number of halogens is 1. The molecule has 350 valence electrons. The number of urea groups is 1. The zero-order chi connectivity index (χ0) is 47.1. The SMILES string of the molecule is C.NC(N)=NC(=O)N1CCOc2cc(S(=O)(=O)c3ccccc3)ccc21.O=C(Cl)N1CCOc2cc(S(=O)(=O)c3ccccc3)ccc21.O=S(=O)(c1ccccc1)c1ccc2c(c1)OCCN2. The van der Waals surface area contributed by atoms with Crippen molar-refractivity contribution in [1.82, 2.24) is 0 Å². The molecule has 9 rings (SSSR count). The van der Waals surface area contributed by atoms with Gasteiger partial charge in [-0.2, -0.15) is 4.99 Å². The van der Waals surface area contributed by atoms with Crippen LogP contribution in [0.4, 0.5) is 26.7 Å². The number of guanidine groups is 1. The predicted molar refractivity (Wildman–Crippen MR) is 254 cm³/mol. The van der Waals surface area contributed by atoms with E-state index < -0.39 is 40.9 Å². The van der Waals surface area contributed by atoms with Crippen molar-refractivity contribution in [2.45, 2.75) is 36.8 Å². The zero-order valence-corrected chi connectivity index (χ0v) is 37.9. The van der Waals surface area contributed by atoms with Gasteiger partial charge in [-0.15, -0.1) is 0 Å². The topological polar surface area (TPSA) is 247 Å². The van der Waals surface area contributed by atoms with Gasteiger partial charge in [0.15, 0.2) is 5.96 Å². The number of anilines is 3. The summed E-state index contributed by atoms with van der Waals surface area (Å²) < 4.78 is 91.8. The van der Waals surface area contributed by atoms with Crippen molar-refractivity contribution in [1.29, 1.82) is 0 Å². The number of amides is 3. The van der Waals surface area contributed by atoms with E-state index in [9.17, 15) is 34.8 Å². The molecule has 6 aromatic carbocycles. The summed E-state index contributed by atoms with van der Waals surface area (Å²) in [6, 6.07) is 37.6. The molecule has 0 fully saturated rings. The zero-order valence-electron chi connectivity index (χ0n) is 34.7. The molecule has 3 aliphatic heterocycles. The van der Waals surface area contributed by atoms with Gasteiger partial charge in [0.05, 0.1) is 59.5 Å². The van der Waals surface area contributed by atoms with E-state index in [1.54, 1.807) is 84.9 Å². The number of ether oxygens (including phenoxy) is 3. The number of carbonyl (C=O) groups excluding carboxylic acids is 2. The number of hydrogen-bond acceptors (Lipinski definition) is 12. The number of carbonyl (C=O) groups is 2. The van der Waals surface area contributed by atoms with Crippen LogP contribution in [0.15, 0.2) is 180 Å². The molecule has 3 amide bonds. The number of rotatable bonds is 6. The molecule has 5 N–H and O–H groups in total. The molecule has 6 aromatic rings. The molecule has 0 saturated heterocycles. The van der Waals surface area contributed by atoms with E-state index >= 15 is 0 Å². The van der Waals surface area contributed by atoms with Crippen LogP contribution in [0.3, 0.4) is 0 Å². The van der Waals surface area contributed by atoms with Gasteiger partial charge < -0.3 is 31.0 Å². The lowest BCUT2D eigenvalue weighted by Gasteiger charge is -2.28.